The van der Waals surface area contributed by atoms with Crippen LogP contribution in [0.25, 0.3) is 0 Å². The number of nitrogens with zero attached hydrogens (tertiary/aromatic N) is 1. The zero-order valence-corrected chi connectivity index (χ0v) is 13.8. The molecular formula is C15H22ClNO3S. The van der Waals surface area contributed by atoms with Gasteiger partial charge in [-0.25, -0.2) is 8.42 Å². The van der Waals surface area contributed by atoms with E-state index >= 15 is 0 Å². The predicted octanol–water partition coefficient (Wildman–Crippen LogP) is 3.18. The molecule has 6 heteroatoms. The van der Waals surface area contributed by atoms with Crippen molar-refractivity contribution in [1.29, 1.82) is 0 Å². The topological polar surface area (TPSA) is 57.6 Å². The van der Waals surface area contributed by atoms with Crippen LogP contribution in [0.5, 0.6) is 0 Å². The van der Waals surface area contributed by atoms with Crippen LogP contribution in [-0.2, 0) is 16.6 Å². The van der Waals surface area contributed by atoms with Gasteiger partial charge < -0.3 is 5.11 Å². The molecule has 1 aromatic carbocycles. The van der Waals surface area contributed by atoms with Gasteiger partial charge in [0.1, 0.15) is 4.90 Å². The lowest BCUT2D eigenvalue weighted by atomic mass is 10.1. The number of halogens is 1. The second-order valence-electron chi connectivity index (χ2n) is 5.59. The summed E-state index contributed by atoms with van der Waals surface area (Å²) in [7, 11) is -2.00. The normalized spacial score (nSPS) is 17.9. The van der Waals surface area contributed by atoms with Crippen LogP contribution in [0, 0.1) is 0 Å². The van der Waals surface area contributed by atoms with E-state index in [2.05, 4.69) is 0 Å². The highest BCUT2D eigenvalue weighted by atomic mass is 35.5. The van der Waals surface area contributed by atoms with Gasteiger partial charge in [-0.15, -0.1) is 0 Å². The maximum Gasteiger partial charge on any atom is 0.244 e. The molecule has 1 fully saturated rings. The number of benzene rings is 1. The van der Waals surface area contributed by atoms with E-state index in [1.807, 2.05) is 0 Å². The van der Waals surface area contributed by atoms with Gasteiger partial charge in [0.2, 0.25) is 10.0 Å². The van der Waals surface area contributed by atoms with Crippen LogP contribution in [-0.4, -0.2) is 30.9 Å². The van der Waals surface area contributed by atoms with Crippen molar-refractivity contribution >= 4 is 21.6 Å². The standard InChI is InChI=1S/C15H22ClNO3S/c1-17(13-6-4-2-3-5-7-13)21(19,20)15-10-12(11-18)8-9-14(15)16/h8-10,13,18H,2-7,11H2,1H3. The third-order valence-corrected chi connectivity index (χ3v) is 6.57. The van der Waals surface area contributed by atoms with Crippen molar-refractivity contribution in [3.63, 3.8) is 0 Å². The Balaban J connectivity index is 2.31. The maximum absolute atomic E-state index is 12.8. The van der Waals surface area contributed by atoms with E-state index in [4.69, 9.17) is 11.6 Å². The first-order valence-electron chi connectivity index (χ1n) is 7.34. The summed E-state index contributed by atoms with van der Waals surface area (Å²) in [4.78, 5) is 0.0856. The molecule has 0 spiro atoms. The molecule has 2 rings (SSSR count). The van der Waals surface area contributed by atoms with Crippen molar-refractivity contribution < 1.29 is 13.5 Å². The molecule has 0 radical (unpaired) electrons. The number of hydrogen-bond acceptors (Lipinski definition) is 3. The first kappa shape index (κ1) is 16.7. The molecule has 0 aliphatic heterocycles. The minimum atomic E-state index is -3.63. The van der Waals surface area contributed by atoms with Gasteiger partial charge >= 0.3 is 0 Å². The number of rotatable bonds is 4. The molecule has 1 aliphatic carbocycles. The van der Waals surface area contributed by atoms with Gasteiger partial charge in [0.15, 0.2) is 0 Å². The molecule has 1 saturated carbocycles. The molecule has 1 aliphatic rings. The fraction of sp³-hybridized carbons (Fsp3) is 0.600. The molecule has 1 aromatic rings. The largest absolute Gasteiger partial charge is 0.392 e. The zero-order valence-electron chi connectivity index (χ0n) is 12.3. The van der Waals surface area contributed by atoms with Gasteiger partial charge in [0.05, 0.1) is 11.6 Å². The van der Waals surface area contributed by atoms with E-state index in [-0.39, 0.29) is 22.6 Å². The van der Waals surface area contributed by atoms with Crippen LogP contribution in [0.1, 0.15) is 44.1 Å². The number of aliphatic hydroxyl groups is 1. The second kappa shape index (κ2) is 7.09. The van der Waals surface area contributed by atoms with Crippen molar-refractivity contribution in [3.8, 4) is 0 Å². The number of hydrogen-bond donors (Lipinski definition) is 1. The Morgan fingerprint density at radius 1 is 1.24 bits per heavy atom. The Morgan fingerprint density at radius 3 is 2.43 bits per heavy atom. The Labute approximate surface area is 131 Å². The van der Waals surface area contributed by atoms with Gasteiger partial charge in [0.25, 0.3) is 0 Å². The van der Waals surface area contributed by atoms with E-state index in [0.717, 1.165) is 25.7 Å². The summed E-state index contributed by atoms with van der Waals surface area (Å²) >= 11 is 6.07. The van der Waals surface area contributed by atoms with Crippen LogP contribution < -0.4 is 0 Å². The lowest BCUT2D eigenvalue weighted by Gasteiger charge is -2.27. The molecule has 0 amide bonds. The fourth-order valence-electron chi connectivity index (χ4n) is 2.82. The summed E-state index contributed by atoms with van der Waals surface area (Å²) < 4.78 is 27.0. The summed E-state index contributed by atoms with van der Waals surface area (Å²) in [5.74, 6) is 0. The zero-order chi connectivity index (χ0) is 15.5. The number of sulfonamides is 1. The predicted molar refractivity (Wildman–Crippen MR) is 83.8 cm³/mol. The molecule has 0 heterocycles. The summed E-state index contributed by atoms with van der Waals surface area (Å²) in [5.41, 5.74) is 0.548. The summed E-state index contributed by atoms with van der Waals surface area (Å²) in [5, 5.41) is 9.39. The minimum absolute atomic E-state index is 0.0337. The molecule has 0 unspecified atom stereocenters. The first-order valence-corrected chi connectivity index (χ1v) is 9.16. The highest BCUT2D eigenvalue weighted by molar-refractivity contribution is 7.89. The maximum atomic E-state index is 12.8. The van der Waals surface area contributed by atoms with Crippen LogP contribution in [0.4, 0.5) is 0 Å². The SMILES string of the molecule is CN(C1CCCCCC1)S(=O)(=O)c1cc(CO)ccc1Cl. The van der Waals surface area contributed by atoms with Crippen molar-refractivity contribution in [2.75, 3.05) is 7.05 Å². The Bertz CT molecular complexity index is 581. The summed E-state index contributed by atoms with van der Waals surface area (Å²) in [6.07, 6.45) is 6.26. The minimum Gasteiger partial charge on any atom is -0.392 e. The Kier molecular flexibility index (Phi) is 5.66. The van der Waals surface area contributed by atoms with Gasteiger partial charge in [-0.2, -0.15) is 4.31 Å². The lowest BCUT2D eigenvalue weighted by molar-refractivity contribution is 0.281. The van der Waals surface area contributed by atoms with E-state index in [1.165, 1.54) is 29.3 Å². The average molecular weight is 332 g/mol. The Morgan fingerprint density at radius 2 is 1.86 bits per heavy atom. The third-order valence-electron chi connectivity index (χ3n) is 4.17. The number of aliphatic hydroxyl groups excluding tert-OH is 1. The molecule has 118 valence electrons. The molecule has 0 atom stereocenters. The van der Waals surface area contributed by atoms with E-state index in [9.17, 15) is 13.5 Å². The molecule has 1 N–H and O–H groups in total. The first-order chi connectivity index (χ1) is 9.96. The second-order valence-corrected chi connectivity index (χ2v) is 7.96. The molecule has 4 nitrogen and oxygen atoms in total. The fourth-order valence-corrected chi connectivity index (χ4v) is 4.76. The van der Waals surface area contributed by atoms with Crippen LogP contribution in [0.3, 0.4) is 0 Å². The molecular weight excluding hydrogens is 310 g/mol. The molecule has 0 bridgehead atoms. The highest BCUT2D eigenvalue weighted by Crippen LogP contribution is 2.30. The van der Waals surface area contributed by atoms with E-state index in [1.54, 1.807) is 13.1 Å². The van der Waals surface area contributed by atoms with Crippen LogP contribution in [0.2, 0.25) is 5.02 Å². The van der Waals surface area contributed by atoms with Gasteiger partial charge in [0, 0.05) is 13.1 Å². The van der Waals surface area contributed by atoms with Crippen LogP contribution in [0.15, 0.2) is 23.1 Å². The van der Waals surface area contributed by atoms with E-state index in [0.29, 0.717) is 5.56 Å². The Hall–Kier alpha value is -0.620. The smallest absolute Gasteiger partial charge is 0.244 e. The van der Waals surface area contributed by atoms with Crippen molar-refractivity contribution in [2.24, 2.45) is 0 Å². The quantitative estimate of drug-likeness (QED) is 0.862. The third kappa shape index (κ3) is 3.77. The monoisotopic (exact) mass is 331 g/mol. The van der Waals surface area contributed by atoms with Crippen molar-refractivity contribution in [3.05, 3.63) is 28.8 Å². The van der Waals surface area contributed by atoms with Gasteiger partial charge in [-0.05, 0) is 30.5 Å². The van der Waals surface area contributed by atoms with E-state index < -0.39 is 10.0 Å². The van der Waals surface area contributed by atoms with Gasteiger partial charge in [-0.3, -0.25) is 0 Å². The van der Waals surface area contributed by atoms with Crippen molar-refractivity contribution in [1.82, 2.24) is 4.31 Å². The highest BCUT2D eigenvalue weighted by Gasteiger charge is 2.30. The summed E-state index contributed by atoms with van der Waals surface area (Å²) in [6, 6.07) is 4.66. The lowest BCUT2D eigenvalue weighted by Crippen LogP contribution is -2.36. The van der Waals surface area contributed by atoms with Crippen LogP contribution >= 0.6 is 11.6 Å². The van der Waals surface area contributed by atoms with Crippen molar-refractivity contribution in [2.45, 2.75) is 56.1 Å². The molecule has 21 heavy (non-hydrogen) atoms. The summed E-state index contributed by atoms with van der Waals surface area (Å²) in [6.45, 7) is -0.202. The molecule has 0 aromatic heterocycles. The van der Waals surface area contributed by atoms with Gasteiger partial charge in [-0.1, -0.05) is 43.4 Å². The average Bonchev–Trinajstić information content (AvgIpc) is 2.75. The molecule has 0 saturated heterocycles.